The Kier molecular flexibility index (Phi) is 7.19. The summed E-state index contributed by atoms with van der Waals surface area (Å²) in [7, 11) is 0. The Morgan fingerprint density at radius 1 is 0.431 bits per heavy atom. The summed E-state index contributed by atoms with van der Waals surface area (Å²) in [5.41, 5.74) is 19.3. The maximum Gasteiger partial charge on any atom is 0.163 e. The minimum Gasteiger partial charge on any atom is -0.211 e. The van der Waals surface area contributed by atoms with Crippen LogP contribution in [0.2, 0.25) is 0 Å². The molecule has 10 rings (SSSR count). The number of aryl methyl sites for hydroxylation is 6. The average molecular weight is 660 g/mol. The van der Waals surface area contributed by atoms with E-state index in [0.29, 0.717) is 11.6 Å². The van der Waals surface area contributed by atoms with Crippen molar-refractivity contribution in [1.82, 2.24) is 15.0 Å². The Labute approximate surface area is 301 Å². The first-order valence-corrected chi connectivity index (χ1v) is 18.0. The second kappa shape index (κ2) is 11.7. The number of nitrogens with zero attached hydrogens (tertiary/aromatic N) is 3. The molecule has 0 spiro atoms. The molecule has 6 aromatic carbocycles. The topological polar surface area (TPSA) is 38.7 Å². The fourth-order valence-corrected chi connectivity index (χ4v) is 8.56. The lowest BCUT2D eigenvalue weighted by Gasteiger charge is -2.42. The summed E-state index contributed by atoms with van der Waals surface area (Å²) in [5, 5.41) is 0. The Bertz CT molecular complexity index is 2430. The van der Waals surface area contributed by atoms with E-state index in [0.717, 1.165) is 34.5 Å². The summed E-state index contributed by atoms with van der Waals surface area (Å²) in [6, 6.07) is 44.2. The van der Waals surface area contributed by atoms with Crippen LogP contribution in [0.4, 0.5) is 0 Å². The summed E-state index contributed by atoms with van der Waals surface area (Å²) >= 11 is 0. The quantitative estimate of drug-likeness (QED) is 0.189. The molecular weight excluding hydrogens is 619 g/mol. The smallest absolute Gasteiger partial charge is 0.163 e. The summed E-state index contributed by atoms with van der Waals surface area (Å²) in [5.74, 6) is 2.37. The van der Waals surface area contributed by atoms with E-state index in [1.54, 1.807) is 0 Å². The van der Waals surface area contributed by atoms with Crippen LogP contribution in [0.15, 0.2) is 121 Å². The highest BCUT2D eigenvalue weighted by molar-refractivity contribution is 5.75. The van der Waals surface area contributed by atoms with E-state index in [1.807, 2.05) is 6.07 Å². The van der Waals surface area contributed by atoms with E-state index in [9.17, 15) is 0 Å². The molecule has 1 heterocycles. The van der Waals surface area contributed by atoms with Gasteiger partial charge in [-0.2, -0.15) is 0 Å². The van der Waals surface area contributed by atoms with Gasteiger partial charge in [0, 0.05) is 17.0 Å². The van der Waals surface area contributed by atoms with Crippen LogP contribution in [-0.4, -0.2) is 15.0 Å². The third-order valence-electron chi connectivity index (χ3n) is 11.7. The van der Waals surface area contributed by atoms with Gasteiger partial charge in [-0.25, -0.2) is 15.0 Å². The van der Waals surface area contributed by atoms with Crippen LogP contribution >= 0.6 is 0 Å². The molecular formula is C48H41N3. The molecule has 0 saturated heterocycles. The van der Waals surface area contributed by atoms with Gasteiger partial charge in [0.2, 0.25) is 0 Å². The molecule has 0 unspecified atom stereocenters. The Morgan fingerprint density at radius 2 is 0.902 bits per heavy atom. The van der Waals surface area contributed by atoms with Crippen molar-refractivity contribution in [1.29, 1.82) is 0 Å². The maximum absolute atomic E-state index is 5.63. The van der Waals surface area contributed by atoms with Crippen LogP contribution < -0.4 is 0 Å². The average Bonchev–Trinajstić information content (AvgIpc) is 3.33. The Morgan fingerprint density at radius 3 is 1.51 bits per heavy atom. The molecule has 3 heteroatoms. The number of hydrogen-bond donors (Lipinski definition) is 0. The predicted molar refractivity (Wildman–Crippen MR) is 208 cm³/mol. The van der Waals surface area contributed by atoms with Crippen molar-refractivity contribution in [3.63, 3.8) is 0 Å². The second-order valence-corrected chi connectivity index (χ2v) is 14.8. The van der Waals surface area contributed by atoms with E-state index in [1.165, 1.54) is 66.8 Å². The molecule has 2 bridgehead atoms. The SMILES string of the molecule is Cc1cc2c(cc1C)C1(c3nc(-c4ccccc4)nc(-c4cccc(-c5ccccc5)c4)n3)c3cc(C)c(C)cc3C(C2)c2cc(C)c(C)cc21. The number of aromatic nitrogens is 3. The van der Waals surface area contributed by atoms with Gasteiger partial charge in [0.1, 0.15) is 5.41 Å². The zero-order valence-electron chi connectivity index (χ0n) is 30.2. The van der Waals surface area contributed by atoms with E-state index < -0.39 is 5.41 Å². The van der Waals surface area contributed by atoms with E-state index >= 15 is 0 Å². The zero-order chi connectivity index (χ0) is 35.0. The minimum absolute atomic E-state index is 0.238. The molecule has 7 aromatic rings. The van der Waals surface area contributed by atoms with Crippen molar-refractivity contribution in [2.24, 2.45) is 0 Å². The van der Waals surface area contributed by atoms with Gasteiger partial charge in [-0.1, -0.05) is 115 Å². The van der Waals surface area contributed by atoms with Gasteiger partial charge in [0.15, 0.2) is 17.5 Å². The third-order valence-corrected chi connectivity index (χ3v) is 11.7. The van der Waals surface area contributed by atoms with E-state index in [4.69, 9.17) is 15.0 Å². The summed E-state index contributed by atoms with van der Waals surface area (Å²) < 4.78 is 0. The molecule has 0 saturated carbocycles. The molecule has 51 heavy (non-hydrogen) atoms. The molecule has 0 radical (unpaired) electrons. The minimum atomic E-state index is -0.749. The number of rotatable bonds is 4. The van der Waals surface area contributed by atoms with Crippen LogP contribution in [0, 0.1) is 41.5 Å². The molecule has 3 aliphatic carbocycles. The van der Waals surface area contributed by atoms with Crippen molar-refractivity contribution in [3.8, 4) is 33.9 Å². The highest BCUT2D eigenvalue weighted by atomic mass is 15.0. The van der Waals surface area contributed by atoms with Gasteiger partial charge in [-0.05, 0) is 132 Å². The van der Waals surface area contributed by atoms with Gasteiger partial charge in [-0.15, -0.1) is 0 Å². The molecule has 0 amide bonds. The lowest BCUT2D eigenvalue weighted by Crippen LogP contribution is -2.38. The molecule has 3 nitrogen and oxygen atoms in total. The van der Waals surface area contributed by atoms with Crippen LogP contribution in [0.1, 0.15) is 78.5 Å². The van der Waals surface area contributed by atoms with E-state index in [-0.39, 0.29) is 5.92 Å². The zero-order valence-corrected chi connectivity index (χ0v) is 30.2. The van der Waals surface area contributed by atoms with Gasteiger partial charge in [0.25, 0.3) is 0 Å². The molecule has 3 aliphatic rings. The van der Waals surface area contributed by atoms with Crippen LogP contribution in [-0.2, 0) is 11.8 Å². The highest BCUT2D eigenvalue weighted by Crippen LogP contribution is 2.59. The normalized spacial score (nSPS) is 17.0. The maximum atomic E-state index is 5.63. The molecule has 0 atom stereocenters. The molecule has 0 fully saturated rings. The molecule has 0 N–H and O–H groups in total. The predicted octanol–water partition coefficient (Wildman–Crippen LogP) is 11.1. The summed E-state index contributed by atoms with van der Waals surface area (Å²) in [6.07, 6.45) is 0.936. The fourth-order valence-electron chi connectivity index (χ4n) is 8.56. The first kappa shape index (κ1) is 31.3. The molecule has 1 aromatic heterocycles. The summed E-state index contributed by atoms with van der Waals surface area (Å²) in [6.45, 7) is 13.5. The lowest BCUT2D eigenvalue weighted by molar-refractivity contribution is 0.637. The van der Waals surface area contributed by atoms with Crippen molar-refractivity contribution < 1.29 is 0 Å². The third kappa shape index (κ3) is 4.82. The standard InChI is InChI=1S/C48H41N3/c1-28-20-38-27-39-40-21-29(2)32(5)24-43(40)48(42(38)23-31(28)4,44-25-33(6)30(3)22-41(39)44)47-50-45(35-16-11-8-12-17-35)49-46(51-47)37-19-13-18-36(26-37)34-14-9-7-10-15-34/h7-26,39H,27H2,1-6H3. The molecule has 248 valence electrons. The number of hydrogen-bond acceptors (Lipinski definition) is 3. The highest BCUT2D eigenvalue weighted by Gasteiger charge is 2.53. The van der Waals surface area contributed by atoms with Gasteiger partial charge in [0.05, 0.1) is 0 Å². The van der Waals surface area contributed by atoms with E-state index in [2.05, 4.69) is 157 Å². The number of benzene rings is 6. The first-order chi connectivity index (χ1) is 24.7. The monoisotopic (exact) mass is 659 g/mol. The van der Waals surface area contributed by atoms with Crippen molar-refractivity contribution in [2.75, 3.05) is 0 Å². The van der Waals surface area contributed by atoms with Crippen molar-refractivity contribution >= 4 is 0 Å². The lowest BCUT2D eigenvalue weighted by atomic mass is 9.60. The van der Waals surface area contributed by atoms with Gasteiger partial charge >= 0.3 is 0 Å². The summed E-state index contributed by atoms with van der Waals surface area (Å²) in [4.78, 5) is 16.4. The fraction of sp³-hybridized carbons (Fsp3) is 0.188. The van der Waals surface area contributed by atoms with Gasteiger partial charge in [-0.3, -0.25) is 0 Å². The second-order valence-electron chi connectivity index (χ2n) is 14.8. The largest absolute Gasteiger partial charge is 0.211 e. The van der Waals surface area contributed by atoms with Crippen molar-refractivity contribution in [2.45, 2.75) is 59.3 Å². The Hall–Kier alpha value is -5.67. The van der Waals surface area contributed by atoms with Crippen LogP contribution in [0.25, 0.3) is 33.9 Å². The van der Waals surface area contributed by atoms with Crippen LogP contribution in [0.5, 0.6) is 0 Å². The Balaban J connectivity index is 1.44. The van der Waals surface area contributed by atoms with Crippen LogP contribution in [0.3, 0.4) is 0 Å². The van der Waals surface area contributed by atoms with Gasteiger partial charge < -0.3 is 0 Å². The molecule has 0 aliphatic heterocycles. The van der Waals surface area contributed by atoms with Crippen molar-refractivity contribution in [3.05, 3.63) is 194 Å². The first-order valence-electron chi connectivity index (χ1n) is 18.0.